The summed E-state index contributed by atoms with van der Waals surface area (Å²) < 4.78 is 11.0. The highest BCUT2D eigenvalue weighted by Crippen LogP contribution is 2.44. The highest BCUT2D eigenvalue weighted by molar-refractivity contribution is 5.94. The van der Waals surface area contributed by atoms with Gasteiger partial charge in [0.15, 0.2) is 0 Å². The van der Waals surface area contributed by atoms with Crippen LogP contribution >= 0.6 is 0 Å². The van der Waals surface area contributed by atoms with Crippen molar-refractivity contribution in [2.45, 2.75) is 30.3 Å². The lowest BCUT2D eigenvalue weighted by atomic mass is 9.92. The number of alkyl carbamates (subject to hydrolysis) is 1. The predicted octanol–water partition coefficient (Wildman–Crippen LogP) is 2.37. The maximum absolute atomic E-state index is 13.1. The fraction of sp³-hybridized carbons (Fsp3) is 0.375. The Kier molecular flexibility index (Phi) is 5.09. The number of likely N-dealkylation sites (tertiary alicyclic amines) is 1. The number of carbonyl (C=O) groups is 3. The van der Waals surface area contributed by atoms with Crippen LogP contribution in [0.4, 0.5) is 4.79 Å². The van der Waals surface area contributed by atoms with Crippen LogP contribution in [0.25, 0.3) is 11.1 Å². The van der Waals surface area contributed by atoms with E-state index < -0.39 is 29.6 Å². The van der Waals surface area contributed by atoms with Crippen LogP contribution in [0.1, 0.15) is 29.9 Å². The van der Waals surface area contributed by atoms with E-state index in [1.54, 1.807) is 0 Å². The zero-order valence-electron chi connectivity index (χ0n) is 17.5. The van der Waals surface area contributed by atoms with E-state index in [0.717, 1.165) is 22.3 Å². The van der Waals surface area contributed by atoms with Gasteiger partial charge in [0.05, 0.1) is 6.61 Å². The van der Waals surface area contributed by atoms with E-state index >= 15 is 0 Å². The lowest BCUT2D eigenvalue weighted by molar-refractivity contribution is -0.160. The molecule has 0 aromatic heterocycles. The second-order valence-electron chi connectivity index (χ2n) is 8.48. The Labute approximate surface area is 185 Å². The number of nitrogens with one attached hydrogen (secondary N) is 1. The third-order valence-electron chi connectivity index (χ3n) is 6.68. The molecular weight excluding hydrogens is 412 g/mol. The summed E-state index contributed by atoms with van der Waals surface area (Å²) in [7, 11) is 0. The van der Waals surface area contributed by atoms with Crippen LogP contribution in [0.2, 0.25) is 0 Å². The van der Waals surface area contributed by atoms with Crippen molar-refractivity contribution >= 4 is 18.0 Å². The molecule has 2 aliphatic heterocycles. The number of ether oxygens (including phenoxy) is 2. The molecule has 3 aliphatic rings. The van der Waals surface area contributed by atoms with Gasteiger partial charge in [0.2, 0.25) is 0 Å². The normalized spacial score (nSPS) is 23.8. The van der Waals surface area contributed by atoms with Crippen LogP contribution in [0, 0.1) is 0 Å². The molecule has 0 spiro atoms. The molecule has 8 nitrogen and oxygen atoms in total. The van der Waals surface area contributed by atoms with Gasteiger partial charge in [-0.15, -0.1) is 0 Å². The van der Waals surface area contributed by atoms with Gasteiger partial charge >= 0.3 is 12.1 Å². The third-order valence-corrected chi connectivity index (χ3v) is 6.68. The molecule has 2 saturated heterocycles. The fourth-order valence-electron chi connectivity index (χ4n) is 4.88. The molecule has 2 fully saturated rings. The van der Waals surface area contributed by atoms with Gasteiger partial charge in [0.1, 0.15) is 18.2 Å². The number of carbonyl (C=O) groups excluding carboxylic acids is 2. The summed E-state index contributed by atoms with van der Waals surface area (Å²) in [4.78, 5) is 38.5. The average molecular weight is 436 g/mol. The van der Waals surface area contributed by atoms with Crippen molar-refractivity contribution < 1.29 is 29.0 Å². The Morgan fingerprint density at radius 3 is 2.28 bits per heavy atom. The molecule has 5 rings (SSSR count). The van der Waals surface area contributed by atoms with Crippen LogP contribution in [0.5, 0.6) is 0 Å². The summed E-state index contributed by atoms with van der Waals surface area (Å²) in [6.07, 6.45) is -0.0277. The maximum Gasteiger partial charge on any atom is 0.408 e. The minimum Gasteiger partial charge on any atom is -0.480 e. The Morgan fingerprint density at radius 2 is 1.75 bits per heavy atom. The Bertz CT molecular complexity index is 1030. The SMILES string of the molecule is O=C(NC1(C(=O)N2CCC2C(=O)O)CCOC1)OCC1c2ccccc2-c2ccccc21. The summed E-state index contributed by atoms with van der Waals surface area (Å²) >= 11 is 0. The van der Waals surface area contributed by atoms with E-state index in [0.29, 0.717) is 19.6 Å². The highest BCUT2D eigenvalue weighted by atomic mass is 16.6. The van der Waals surface area contributed by atoms with Gasteiger partial charge in [-0.05, 0) is 28.7 Å². The van der Waals surface area contributed by atoms with Crippen molar-refractivity contribution in [3.05, 3.63) is 59.7 Å². The molecule has 1 aliphatic carbocycles. The Hall–Kier alpha value is -3.39. The standard InChI is InChI=1S/C24H24N2O6/c27-21(28)20-9-11-26(20)22(29)24(10-12-31-14-24)25-23(30)32-13-19-17-7-3-1-5-15(17)16-6-2-4-8-18(16)19/h1-8,19-20H,9-14H2,(H,25,30)(H,27,28). The number of hydrogen-bond acceptors (Lipinski definition) is 5. The van der Waals surface area contributed by atoms with Gasteiger partial charge in [0, 0.05) is 25.5 Å². The fourth-order valence-corrected chi connectivity index (χ4v) is 4.88. The van der Waals surface area contributed by atoms with Crippen LogP contribution in [0.15, 0.2) is 48.5 Å². The molecule has 2 aromatic rings. The van der Waals surface area contributed by atoms with Crippen molar-refractivity contribution in [1.82, 2.24) is 10.2 Å². The molecule has 2 amide bonds. The van der Waals surface area contributed by atoms with Crippen LogP contribution < -0.4 is 5.32 Å². The Balaban J connectivity index is 1.29. The predicted molar refractivity (Wildman–Crippen MR) is 114 cm³/mol. The summed E-state index contributed by atoms with van der Waals surface area (Å²) in [5.74, 6) is -1.56. The molecule has 32 heavy (non-hydrogen) atoms. The first kappa shape index (κ1) is 20.5. The van der Waals surface area contributed by atoms with Crippen molar-refractivity contribution in [3.8, 4) is 11.1 Å². The number of amides is 2. The molecule has 2 aromatic carbocycles. The Morgan fingerprint density at radius 1 is 1.09 bits per heavy atom. The number of carboxylic acid groups (broad SMARTS) is 1. The lowest BCUT2D eigenvalue weighted by Gasteiger charge is -2.42. The molecule has 166 valence electrons. The molecule has 8 heteroatoms. The quantitative estimate of drug-likeness (QED) is 0.746. The maximum atomic E-state index is 13.1. The topological polar surface area (TPSA) is 105 Å². The van der Waals surface area contributed by atoms with Crippen LogP contribution in [-0.4, -0.2) is 65.9 Å². The first-order chi connectivity index (χ1) is 15.5. The minimum atomic E-state index is -1.29. The van der Waals surface area contributed by atoms with Crippen molar-refractivity contribution in [1.29, 1.82) is 0 Å². The number of fused-ring (bicyclic) bond motifs is 3. The number of nitrogens with zero attached hydrogens (tertiary/aromatic N) is 1. The largest absolute Gasteiger partial charge is 0.480 e. The molecule has 0 radical (unpaired) electrons. The van der Waals surface area contributed by atoms with E-state index in [-0.39, 0.29) is 25.6 Å². The monoisotopic (exact) mass is 436 g/mol. The van der Waals surface area contributed by atoms with Gasteiger partial charge in [-0.25, -0.2) is 9.59 Å². The van der Waals surface area contributed by atoms with Crippen molar-refractivity contribution in [2.75, 3.05) is 26.4 Å². The van der Waals surface area contributed by atoms with Gasteiger partial charge < -0.3 is 24.8 Å². The molecule has 2 unspecified atom stereocenters. The van der Waals surface area contributed by atoms with E-state index in [1.165, 1.54) is 4.90 Å². The van der Waals surface area contributed by atoms with E-state index in [9.17, 15) is 19.5 Å². The average Bonchev–Trinajstić information content (AvgIpc) is 3.35. The molecule has 2 atom stereocenters. The third kappa shape index (κ3) is 3.31. The van der Waals surface area contributed by atoms with E-state index in [1.807, 2.05) is 36.4 Å². The number of rotatable bonds is 5. The molecule has 2 N–H and O–H groups in total. The molecule has 0 bridgehead atoms. The van der Waals surface area contributed by atoms with Crippen molar-refractivity contribution in [2.24, 2.45) is 0 Å². The molecular formula is C24H24N2O6. The van der Waals surface area contributed by atoms with Crippen LogP contribution in [-0.2, 0) is 19.1 Å². The molecule has 0 saturated carbocycles. The summed E-state index contributed by atoms with van der Waals surface area (Å²) in [5.41, 5.74) is 3.16. The zero-order chi connectivity index (χ0) is 22.3. The number of hydrogen-bond donors (Lipinski definition) is 2. The highest BCUT2D eigenvalue weighted by Gasteiger charge is 2.51. The number of carboxylic acids is 1. The van der Waals surface area contributed by atoms with Crippen molar-refractivity contribution in [3.63, 3.8) is 0 Å². The second-order valence-corrected chi connectivity index (χ2v) is 8.48. The summed E-state index contributed by atoms with van der Waals surface area (Å²) in [6, 6.07) is 15.2. The smallest absolute Gasteiger partial charge is 0.408 e. The zero-order valence-corrected chi connectivity index (χ0v) is 17.5. The van der Waals surface area contributed by atoms with Gasteiger partial charge in [0.25, 0.3) is 5.91 Å². The second kappa shape index (κ2) is 7.94. The van der Waals surface area contributed by atoms with Gasteiger partial charge in [-0.1, -0.05) is 48.5 Å². The number of benzene rings is 2. The first-order valence-electron chi connectivity index (χ1n) is 10.7. The number of aliphatic carboxylic acids is 1. The minimum absolute atomic E-state index is 0.00112. The van der Waals surface area contributed by atoms with Gasteiger partial charge in [-0.2, -0.15) is 0 Å². The summed E-state index contributed by atoms with van der Waals surface area (Å²) in [6.45, 7) is 0.788. The van der Waals surface area contributed by atoms with E-state index in [4.69, 9.17) is 9.47 Å². The lowest BCUT2D eigenvalue weighted by Crippen LogP contribution is -2.66. The molecule has 2 heterocycles. The first-order valence-corrected chi connectivity index (χ1v) is 10.7. The summed E-state index contributed by atoms with van der Waals surface area (Å²) in [5, 5.41) is 12.0. The van der Waals surface area contributed by atoms with Crippen LogP contribution in [0.3, 0.4) is 0 Å². The van der Waals surface area contributed by atoms with Gasteiger partial charge in [-0.3, -0.25) is 4.79 Å². The van der Waals surface area contributed by atoms with E-state index in [2.05, 4.69) is 17.4 Å².